The van der Waals surface area contributed by atoms with Crippen molar-refractivity contribution in [2.24, 2.45) is 10.3 Å². The van der Waals surface area contributed by atoms with E-state index in [0.29, 0.717) is 16.8 Å². The summed E-state index contributed by atoms with van der Waals surface area (Å²) in [6.07, 6.45) is 2.28. The first-order valence-electron chi connectivity index (χ1n) is 8.82. The lowest BCUT2D eigenvalue weighted by Gasteiger charge is -2.11. The maximum atomic E-state index is 7.80. The van der Waals surface area contributed by atoms with Crippen LogP contribution in [0.15, 0.2) is 52.8 Å². The summed E-state index contributed by atoms with van der Waals surface area (Å²) in [6.45, 7) is 1.68. The minimum atomic E-state index is -2.16. The van der Waals surface area contributed by atoms with Gasteiger partial charge in [-0.3, -0.25) is 5.01 Å². The van der Waals surface area contributed by atoms with Gasteiger partial charge in [-0.15, -0.1) is 5.11 Å². The second-order valence-electron chi connectivity index (χ2n) is 5.42. The smallest absolute Gasteiger partial charge is 0.0952 e. The molecule has 3 rings (SSSR count). The molecule has 0 bridgehead atoms. The van der Waals surface area contributed by atoms with Gasteiger partial charge < -0.3 is 0 Å². The molecule has 0 amide bonds. The first-order valence-corrected chi connectivity index (χ1v) is 7.32. The molecule has 2 aromatic carbocycles. The molecule has 1 heterocycles. The zero-order valence-corrected chi connectivity index (χ0v) is 12.2. The van der Waals surface area contributed by atoms with E-state index in [1.54, 1.807) is 12.1 Å². The Morgan fingerprint density at radius 3 is 2.67 bits per heavy atom. The normalized spacial score (nSPS) is 17.8. The molecule has 0 aliphatic carbocycles. The number of rotatable bonds is 3. The van der Waals surface area contributed by atoms with Crippen LogP contribution in [-0.2, 0) is 0 Å². The molecule has 1 aliphatic rings. The molecule has 0 atom stereocenters. The summed E-state index contributed by atoms with van der Waals surface area (Å²) >= 11 is 0. The van der Waals surface area contributed by atoms with Crippen LogP contribution in [0.25, 0.3) is 11.1 Å². The van der Waals surface area contributed by atoms with Gasteiger partial charge >= 0.3 is 0 Å². The average Bonchev–Trinajstić information content (AvgIpc) is 3.06. The monoisotopic (exact) mass is 282 g/mol. The Balaban J connectivity index is 2.06. The molecule has 3 heteroatoms. The predicted octanol–water partition coefficient (Wildman–Crippen LogP) is 5.06. The van der Waals surface area contributed by atoms with Gasteiger partial charge in [0.15, 0.2) is 0 Å². The van der Waals surface area contributed by atoms with Crippen molar-refractivity contribution < 1.29 is 4.11 Å². The van der Waals surface area contributed by atoms with Crippen LogP contribution in [0.1, 0.15) is 28.1 Å². The largest absolute Gasteiger partial charge is 0.278 e. The molecule has 0 radical (unpaired) electrons. The Labute approximate surface area is 130 Å². The first kappa shape index (κ1) is 10.6. The highest BCUT2D eigenvalue weighted by atomic mass is 15.5. The summed E-state index contributed by atoms with van der Waals surface area (Å²) in [5.74, 6) is 0. The van der Waals surface area contributed by atoms with Gasteiger partial charge in [-0.2, -0.15) is 0 Å². The molecule has 0 saturated carbocycles. The predicted molar refractivity (Wildman–Crippen MR) is 86.7 cm³/mol. The number of nitrogens with zero attached hydrogens (tertiary/aromatic N) is 3. The second-order valence-corrected chi connectivity index (χ2v) is 5.42. The lowest BCUT2D eigenvalue weighted by Crippen LogP contribution is -2.09. The molecular weight excluding hydrogens is 258 g/mol. The van der Waals surface area contributed by atoms with Crippen molar-refractivity contribution in [3.05, 3.63) is 53.6 Å². The van der Waals surface area contributed by atoms with Crippen molar-refractivity contribution in [1.82, 2.24) is 5.01 Å². The van der Waals surface area contributed by atoms with Crippen LogP contribution in [-0.4, -0.2) is 18.1 Å². The Morgan fingerprint density at radius 1 is 1.05 bits per heavy atom. The van der Waals surface area contributed by atoms with E-state index < -0.39 is 6.85 Å². The van der Waals surface area contributed by atoms with Crippen molar-refractivity contribution >= 4 is 5.69 Å². The minimum absolute atomic E-state index is 0.341. The number of aryl methyl sites for hydroxylation is 2. The standard InChI is InChI=1S/C18H21N3/c1-14-9-10-18(19-20-21-11-5-6-12-21)17(13-14)16-8-4-3-7-15(16)2/h3-4,7-10,13H,5-6,11-12H2,1-2H3/i2D3. The summed E-state index contributed by atoms with van der Waals surface area (Å²) in [7, 11) is 0. The van der Waals surface area contributed by atoms with Crippen LogP contribution in [0, 0.1) is 13.8 Å². The summed E-state index contributed by atoms with van der Waals surface area (Å²) in [5.41, 5.74) is 3.60. The van der Waals surface area contributed by atoms with Crippen LogP contribution in [0.5, 0.6) is 0 Å². The summed E-state index contributed by atoms with van der Waals surface area (Å²) in [6, 6.07) is 13.0. The third-order valence-corrected chi connectivity index (χ3v) is 3.73. The fraction of sp³-hybridized carbons (Fsp3) is 0.333. The fourth-order valence-corrected chi connectivity index (χ4v) is 2.57. The van der Waals surface area contributed by atoms with Gasteiger partial charge in [0.2, 0.25) is 0 Å². The van der Waals surface area contributed by atoms with Crippen molar-refractivity contribution in [3.8, 4) is 11.1 Å². The van der Waals surface area contributed by atoms with E-state index in [9.17, 15) is 0 Å². The molecule has 0 unspecified atom stereocenters. The maximum absolute atomic E-state index is 7.80. The lowest BCUT2D eigenvalue weighted by atomic mass is 9.98. The highest BCUT2D eigenvalue weighted by Crippen LogP contribution is 2.33. The summed E-state index contributed by atoms with van der Waals surface area (Å²) in [4.78, 5) is 0. The highest BCUT2D eigenvalue weighted by molar-refractivity contribution is 5.78. The molecule has 0 aromatic heterocycles. The zero-order valence-electron chi connectivity index (χ0n) is 15.2. The maximum Gasteiger partial charge on any atom is 0.0952 e. The van der Waals surface area contributed by atoms with E-state index in [2.05, 4.69) is 10.3 Å². The van der Waals surface area contributed by atoms with E-state index in [-0.39, 0.29) is 0 Å². The molecule has 3 nitrogen and oxygen atoms in total. The third kappa shape index (κ3) is 3.13. The van der Waals surface area contributed by atoms with Gasteiger partial charge in [-0.25, -0.2) is 0 Å². The van der Waals surface area contributed by atoms with Crippen molar-refractivity contribution in [3.63, 3.8) is 0 Å². The lowest BCUT2D eigenvalue weighted by molar-refractivity contribution is 0.337. The van der Waals surface area contributed by atoms with E-state index in [4.69, 9.17) is 4.11 Å². The average molecular weight is 282 g/mol. The van der Waals surface area contributed by atoms with Crippen molar-refractivity contribution in [2.75, 3.05) is 13.1 Å². The Morgan fingerprint density at radius 2 is 1.86 bits per heavy atom. The molecule has 21 heavy (non-hydrogen) atoms. The SMILES string of the molecule is [2H]C([2H])([2H])c1ccccc1-c1cc(C)ccc1N=NN1CCCC1. The number of hydrogen-bond donors (Lipinski definition) is 0. The van der Waals surface area contributed by atoms with Gasteiger partial charge in [0.05, 0.1) is 5.69 Å². The third-order valence-electron chi connectivity index (χ3n) is 3.73. The fourth-order valence-electron chi connectivity index (χ4n) is 2.57. The van der Waals surface area contributed by atoms with E-state index >= 15 is 0 Å². The van der Waals surface area contributed by atoms with Crippen LogP contribution < -0.4 is 0 Å². The van der Waals surface area contributed by atoms with Crippen molar-refractivity contribution in [1.29, 1.82) is 0 Å². The molecule has 1 aliphatic heterocycles. The van der Waals surface area contributed by atoms with Crippen LogP contribution >= 0.6 is 0 Å². The Bertz CT molecular complexity index is 747. The van der Waals surface area contributed by atoms with Gasteiger partial charge in [-0.1, -0.05) is 41.1 Å². The van der Waals surface area contributed by atoms with E-state index in [1.165, 1.54) is 0 Å². The van der Waals surface area contributed by atoms with Crippen LogP contribution in [0.3, 0.4) is 0 Å². The Hall–Kier alpha value is -2.16. The molecule has 1 saturated heterocycles. The van der Waals surface area contributed by atoms with Gasteiger partial charge in [-0.05, 0) is 49.9 Å². The van der Waals surface area contributed by atoms with E-state index in [0.717, 1.165) is 37.1 Å². The minimum Gasteiger partial charge on any atom is -0.278 e. The quantitative estimate of drug-likeness (QED) is 0.723. The number of benzene rings is 2. The zero-order chi connectivity index (χ0) is 17.2. The molecule has 0 spiro atoms. The van der Waals surface area contributed by atoms with Gasteiger partial charge in [0.1, 0.15) is 0 Å². The molecule has 0 N–H and O–H groups in total. The van der Waals surface area contributed by atoms with Crippen molar-refractivity contribution in [2.45, 2.75) is 26.6 Å². The van der Waals surface area contributed by atoms with Gasteiger partial charge in [0.25, 0.3) is 0 Å². The first-order chi connectivity index (χ1) is 11.4. The van der Waals surface area contributed by atoms with Crippen LogP contribution in [0.2, 0.25) is 0 Å². The molecule has 1 fully saturated rings. The molecular formula is C18H21N3. The summed E-state index contributed by atoms with van der Waals surface area (Å²) < 4.78 is 23.4. The molecule has 2 aromatic rings. The van der Waals surface area contributed by atoms with Crippen LogP contribution in [0.4, 0.5) is 5.69 Å². The highest BCUT2D eigenvalue weighted by Gasteiger charge is 2.10. The van der Waals surface area contributed by atoms with Gasteiger partial charge in [0, 0.05) is 22.8 Å². The topological polar surface area (TPSA) is 28.0 Å². The second kappa shape index (κ2) is 6.08. The number of hydrogen-bond acceptors (Lipinski definition) is 2. The summed E-state index contributed by atoms with van der Waals surface area (Å²) in [5, 5.41) is 10.7. The van der Waals surface area contributed by atoms with E-state index in [1.807, 2.05) is 42.3 Å². The Kier molecular flexibility index (Phi) is 3.06. The molecule has 108 valence electrons.